The largest absolute Gasteiger partial charge is 0.469 e. The standard InChI is InChI=1S/C19H26N2O4/c1-13(19(24)25-3)12-21(17-9-4-5-10-17)18(23)15-7-6-8-16(11-15)20-14(2)22/h6-8,11,13,17H,4-5,9-10,12H2,1-3H3,(H,20,22). The average Bonchev–Trinajstić information content (AvgIpc) is 3.12. The monoisotopic (exact) mass is 346 g/mol. The molecule has 2 rings (SSSR count). The number of carbonyl (C=O) groups is 3. The van der Waals surface area contributed by atoms with Crippen LogP contribution in [0.4, 0.5) is 5.69 Å². The Kier molecular flexibility index (Phi) is 6.56. The van der Waals surface area contributed by atoms with E-state index in [2.05, 4.69) is 5.32 Å². The quantitative estimate of drug-likeness (QED) is 0.804. The summed E-state index contributed by atoms with van der Waals surface area (Å²) >= 11 is 0. The fraction of sp³-hybridized carbons (Fsp3) is 0.526. The average molecular weight is 346 g/mol. The molecule has 1 fully saturated rings. The lowest BCUT2D eigenvalue weighted by Crippen LogP contribution is -2.43. The van der Waals surface area contributed by atoms with Gasteiger partial charge in [-0.15, -0.1) is 0 Å². The highest BCUT2D eigenvalue weighted by atomic mass is 16.5. The summed E-state index contributed by atoms with van der Waals surface area (Å²) in [7, 11) is 1.36. The number of nitrogens with one attached hydrogen (secondary N) is 1. The van der Waals surface area contributed by atoms with Crippen LogP contribution in [0.2, 0.25) is 0 Å². The first-order chi connectivity index (χ1) is 11.9. The van der Waals surface area contributed by atoms with Crippen molar-refractivity contribution in [2.45, 2.75) is 45.6 Å². The molecule has 0 radical (unpaired) electrons. The van der Waals surface area contributed by atoms with Gasteiger partial charge in [-0.1, -0.05) is 25.8 Å². The summed E-state index contributed by atoms with van der Waals surface area (Å²) < 4.78 is 4.80. The van der Waals surface area contributed by atoms with Crippen LogP contribution in [0.1, 0.15) is 49.9 Å². The SMILES string of the molecule is COC(=O)C(C)CN(C(=O)c1cccc(NC(C)=O)c1)C1CCCC1. The van der Waals surface area contributed by atoms with Gasteiger partial charge in [0.2, 0.25) is 5.91 Å². The maximum absolute atomic E-state index is 13.1. The van der Waals surface area contributed by atoms with Crippen molar-refractivity contribution < 1.29 is 19.1 Å². The van der Waals surface area contributed by atoms with Crippen LogP contribution in [0.15, 0.2) is 24.3 Å². The number of nitrogens with zero attached hydrogens (tertiary/aromatic N) is 1. The van der Waals surface area contributed by atoms with Gasteiger partial charge in [-0.25, -0.2) is 0 Å². The van der Waals surface area contributed by atoms with E-state index in [1.165, 1.54) is 14.0 Å². The maximum Gasteiger partial charge on any atom is 0.310 e. The lowest BCUT2D eigenvalue weighted by molar-refractivity contribution is -0.145. The first-order valence-corrected chi connectivity index (χ1v) is 8.68. The van der Waals surface area contributed by atoms with E-state index in [4.69, 9.17) is 4.74 Å². The van der Waals surface area contributed by atoms with Crippen LogP contribution in [0.5, 0.6) is 0 Å². The molecule has 1 atom stereocenters. The molecule has 136 valence electrons. The molecule has 6 nitrogen and oxygen atoms in total. The smallest absolute Gasteiger partial charge is 0.310 e. The highest BCUT2D eigenvalue weighted by molar-refractivity contribution is 5.97. The van der Waals surface area contributed by atoms with Gasteiger partial charge >= 0.3 is 5.97 Å². The second kappa shape index (κ2) is 8.65. The minimum Gasteiger partial charge on any atom is -0.469 e. The Labute approximate surface area is 148 Å². The zero-order chi connectivity index (χ0) is 18.4. The topological polar surface area (TPSA) is 75.7 Å². The highest BCUT2D eigenvalue weighted by Crippen LogP contribution is 2.26. The number of benzene rings is 1. The van der Waals surface area contributed by atoms with Gasteiger partial charge in [-0.05, 0) is 31.0 Å². The third kappa shape index (κ3) is 5.05. The Hall–Kier alpha value is -2.37. The van der Waals surface area contributed by atoms with E-state index in [-0.39, 0.29) is 29.7 Å². The fourth-order valence-corrected chi connectivity index (χ4v) is 3.28. The summed E-state index contributed by atoms with van der Waals surface area (Å²) in [4.78, 5) is 37.9. The molecule has 1 aliphatic carbocycles. The zero-order valence-electron chi connectivity index (χ0n) is 15.1. The minimum atomic E-state index is -0.381. The Balaban J connectivity index is 2.22. The maximum atomic E-state index is 13.1. The molecule has 0 bridgehead atoms. The molecule has 0 heterocycles. The Morgan fingerprint density at radius 3 is 2.56 bits per heavy atom. The molecule has 0 saturated heterocycles. The Morgan fingerprint density at radius 2 is 1.96 bits per heavy atom. The molecule has 0 spiro atoms. The van der Waals surface area contributed by atoms with Crippen LogP contribution in [0, 0.1) is 5.92 Å². The van der Waals surface area contributed by atoms with E-state index in [1.807, 2.05) is 0 Å². The van der Waals surface area contributed by atoms with Crippen molar-refractivity contribution in [3.05, 3.63) is 29.8 Å². The predicted octanol–water partition coefficient (Wildman–Crippen LogP) is 2.84. The first kappa shape index (κ1) is 19.0. The van der Waals surface area contributed by atoms with Crippen molar-refractivity contribution in [2.24, 2.45) is 5.92 Å². The summed E-state index contributed by atoms with van der Waals surface area (Å²) in [6.45, 7) is 3.53. The first-order valence-electron chi connectivity index (χ1n) is 8.68. The molecular formula is C19H26N2O4. The lowest BCUT2D eigenvalue weighted by atomic mass is 10.1. The number of esters is 1. The number of amides is 2. The summed E-state index contributed by atoms with van der Waals surface area (Å²) in [6, 6.07) is 7.04. The summed E-state index contributed by atoms with van der Waals surface area (Å²) in [5.74, 6) is -0.998. The van der Waals surface area contributed by atoms with Crippen molar-refractivity contribution in [2.75, 3.05) is 19.0 Å². The van der Waals surface area contributed by atoms with Crippen molar-refractivity contribution in [1.82, 2.24) is 4.90 Å². The van der Waals surface area contributed by atoms with Crippen molar-refractivity contribution >= 4 is 23.5 Å². The highest BCUT2D eigenvalue weighted by Gasteiger charge is 2.30. The molecule has 25 heavy (non-hydrogen) atoms. The van der Waals surface area contributed by atoms with Crippen LogP contribution in [0.3, 0.4) is 0 Å². The van der Waals surface area contributed by atoms with Crippen LogP contribution in [-0.4, -0.2) is 42.4 Å². The number of anilines is 1. The van der Waals surface area contributed by atoms with Gasteiger partial charge in [0.15, 0.2) is 0 Å². The molecular weight excluding hydrogens is 320 g/mol. The van der Waals surface area contributed by atoms with E-state index in [0.29, 0.717) is 17.8 Å². The van der Waals surface area contributed by atoms with Crippen LogP contribution in [-0.2, 0) is 14.3 Å². The Bertz CT molecular complexity index is 638. The predicted molar refractivity (Wildman–Crippen MR) is 95.2 cm³/mol. The van der Waals surface area contributed by atoms with Crippen LogP contribution in [0.25, 0.3) is 0 Å². The van der Waals surface area contributed by atoms with Gasteiger partial charge < -0.3 is 15.0 Å². The number of rotatable bonds is 6. The molecule has 1 N–H and O–H groups in total. The number of ether oxygens (including phenoxy) is 1. The normalized spacial score (nSPS) is 15.5. The summed E-state index contributed by atoms with van der Waals surface area (Å²) in [6.07, 6.45) is 4.08. The van der Waals surface area contributed by atoms with E-state index in [1.54, 1.807) is 36.1 Å². The van der Waals surface area contributed by atoms with Gasteiger partial charge in [0, 0.05) is 30.8 Å². The Morgan fingerprint density at radius 1 is 1.28 bits per heavy atom. The minimum absolute atomic E-state index is 0.116. The van der Waals surface area contributed by atoms with Gasteiger partial charge in [0.25, 0.3) is 5.91 Å². The zero-order valence-corrected chi connectivity index (χ0v) is 15.1. The second-order valence-electron chi connectivity index (χ2n) is 6.58. The fourth-order valence-electron chi connectivity index (χ4n) is 3.28. The molecule has 6 heteroatoms. The number of methoxy groups -OCH3 is 1. The third-order valence-electron chi connectivity index (χ3n) is 4.53. The molecule has 0 aromatic heterocycles. The summed E-state index contributed by atoms with van der Waals surface area (Å²) in [5.41, 5.74) is 1.10. The van der Waals surface area contributed by atoms with Gasteiger partial charge in [-0.3, -0.25) is 14.4 Å². The molecule has 1 aliphatic rings. The van der Waals surface area contributed by atoms with E-state index < -0.39 is 0 Å². The second-order valence-corrected chi connectivity index (χ2v) is 6.58. The van der Waals surface area contributed by atoms with Gasteiger partial charge in [0.1, 0.15) is 0 Å². The van der Waals surface area contributed by atoms with Crippen molar-refractivity contribution in [3.63, 3.8) is 0 Å². The molecule has 1 saturated carbocycles. The number of hydrogen-bond donors (Lipinski definition) is 1. The molecule has 1 aromatic rings. The van der Waals surface area contributed by atoms with Crippen molar-refractivity contribution in [3.8, 4) is 0 Å². The lowest BCUT2D eigenvalue weighted by Gasteiger charge is -2.31. The third-order valence-corrected chi connectivity index (χ3v) is 4.53. The van der Waals surface area contributed by atoms with Crippen molar-refractivity contribution in [1.29, 1.82) is 0 Å². The number of hydrogen-bond acceptors (Lipinski definition) is 4. The molecule has 2 amide bonds. The summed E-state index contributed by atoms with van der Waals surface area (Å²) in [5, 5.41) is 2.69. The van der Waals surface area contributed by atoms with E-state index >= 15 is 0 Å². The molecule has 1 aromatic carbocycles. The van der Waals surface area contributed by atoms with E-state index in [9.17, 15) is 14.4 Å². The van der Waals surface area contributed by atoms with Gasteiger partial charge in [-0.2, -0.15) is 0 Å². The van der Waals surface area contributed by atoms with Crippen LogP contribution >= 0.6 is 0 Å². The van der Waals surface area contributed by atoms with Gasteiger partial charge in [0.05, 0.1) is 13.0 Å². The number of carbonyl (C=O) groups excluding carboxylic acids is 3. The molecule has 1 unspecified atom stereocenters. The van der Waals surface area contributed by atoms with E-state index in [0.717, 1.165) is 25.7 Å². The molecule has 0 aliphatic heterocycles. The van der Waals surface area contributed by atoms with Crippen LogP contribution < -0.4 is 5.32 Å².